The van der Waals surface area contributed by atoms with Crippen molar-refractivity contribution in [2.45, 2.75) is 20.5 Å². The Kier molecular flexibility index (Phi) is 4.00. The van der Waals surface area contributed by atoms with E-state index in [-0.39, 0.29) is 24.6 Å². The number of hydrogen-bond acceptors (Lipinski definition) is 2. The van der Waals surface area contributed by atoms with Crippen LogP contribution in [0.25, 0.3) is 0 Å². The Morgan fingerprint density at radius 1 is 1.42 bits per heavy atom. The van der Waals surface area contributed by atoms with Gasteiger partial charge in [-0.1, -0.05) is 0 Å². The van der Waals surface area contributed by atoms with E-state index in [2.05, 4.69) is 0 Å². The van der Waals surface area contributed by atoms with E-state index in [1.807, 2.05) is 19.9 Å². The summed E-state index contributed by atoms with van der Waals surface area (Å²) in [6.07, 6.45) is 0. The average molecular weight is 189 g/mol. The lowest BCUT2D eigenvalue weighted by Crippen LogP contribution is -2.25. The van der Waals surface area contributed by atoms with Crippen molar-refractivity contribution >= 4 is 12.4 Å². The van der Waals surface area contributed by atoms with Crippen LogP contribution in [0.3, 0.4) is 0 Å². The molecule has 0 saturated heterocycles. The van der Waals surface area contributed by atoms with Gasteiger partial charge in [0.15, 0.2) is 0 Å². The molecule has 1 rings (SSSR count). The molecule has 1 aromatic rings. The van der Waals surface area contributed by atoms with Crippen molar-refractivity contribution in [2.24, 2.45) is 5.73 Å². The van der Waals surface area contributed by atoms with Gasteiger partial charge >= 0.3 is 0 Å². The van der Waals surface area contributed by atoms with Gasteiger partial charge in [-0.15, -0.1) is 12.4 Å². The second kappa shape index (κ2) is 4.28. The van der Waals surface area contributed by atoms with Gasteiger partial charge in [-0.3, -0.25) is 9.36 Å². The Hall–Kier alpha value is -0.800. The molecular weight excluding hydrogens is 176 g/mol. The highest BCUT2D eigenvalue weighted by Crippen LogP contribution is 1.97. The molecule has 0 aromatic carbocycles. The third-order valence-corrected chi connectivity index (χ3v) is 1.66. The van der Waals surface area contributed by atoms with E-state index in [9.17, 15) is 4.79 Å². The number of nitrogens with zero attached hydrogens (tertiary/aromatic N) is 1. The minimum atomic E-state index is -0.0231. The normalized spacial score (nSPS) is 9.25. The fourth-order valence-corrected chi connectivity index (χ4v) is 1.13. The molecule has 0 aliphatic heterocycles. The van der Waals surface area contributed by atoms with Gasteiger partial charge < -0.3 is 5.73 Å². The summed E-state index contributed by atoms with van der Waals surface area (Å²) in [5.41, 5.74) is 7.24. The largest absolute Gasteiger partial charge is 0.313 e. The fraction of sp³-hybridized carbons (Fsp3) is 0.375. The molecule has 0 spiro atoms. The molecule has 1 heterocycles. The second-order valence-corrected chi connectivity index (χ2v) is 2.62. The van der Waals surface area contributed by atoms with Crippen LogP contribution in [0.5, 0.6) is 0 Å². The van der Waals surface area contributed by atoms with Gasteiger partial charge in [-0.25, -0.2) is 0 Å². The maximum Gasteiger partial charge on any atom is 0.252 e. The van der Waals surface area contributed by atoms with Crippen molar-refractivity contribution in [2.75, 3.05) is 0 Å². The Morgan fingerprint density at radius 2 is 2.00 bits per heavy atom. The van der Waals surface area contributed by atoms with Gasteiger partial charge in [-0.05, 0) is 25.5 Å². The lowest BCUT2D eigenvalue weighted by Gasteiger charge is -2.06. The molecule has 0 atom stereocenters. The predicted molar refractivity (Wildman–Crippen MR) is 51.6 cm³/mol. The molecule has 68 valence electrons. The summed E-state index contributed by atoms with van der Waals surface area (Å²) in [5, 5.41) is 0. The molecule has 0 amide bonds. The highest BCUT2D eigenvalue weighted by atomic mass is 35.5. The zero-order valence-electron chi connectivity index (χ0n) is 7.20. The summed E-state index contributed by atoms with van der Waals surface area (Å²) >= 11 is 0. The van der Waals surface area contributed by atoms with Gasteiger partial charge in [-0.2, -0.15) is 0 Å². The van der Waals surface area contributed by atoms with Crippen LogP contribution in [0.15, 0.2) is 16.9 Å². The molecule has 0 unspecified atom stereocenters. The maximum absolute atomic E-state index is 11.2. The van der Waals surface area contributed by atoms with Crippen LogP contribution >= 0.6 is 12.4 Å². The monoisotopic (exact) mass is 188 g/mol. The van der Waals surface area contributed by atoms with Crippen LogP contribution in [0.1, 0.15) is 11.3 Å². The highest BCUT2D eigenvalue weighted by Gasteiger charge is 1.97. The quantitative estimate of drug-likeness (QED) is 0.709. The maximum atomic E-state index is 11.2. The standard InChI is InChI=1S/C8H12N2O.ClH/c1-6-3-7(2)10(5-9)8(11)4-6;/h3-4H,5,9H2,1-2H3;1H. The molecule has 1 aromatic heterocycles. The minimum Gasteiger partial charge on any atom is -0.313 e. The number of pyridine rings is 1. The molecule has 0 saturated carbocycles. The van der Waals surface area contributed by atoms with Crippen LogP contribution < -0.4 is 11.3 Å². The van der Waals surface area contributed by atoms with E-state index in [1.54, 1.807) is 6.07 Å². The highest BCUT2D eigenvalue weighted by molar-refractivity contribution is 5.85. The molecule has 0 aliphatic rings. The molecule has 0 bridgehead atoms. The molecule has 0 aliphatic carbocycles. The van der Waals surface area contributed by atoms with E-state index in [0.29, 0.717) is 0 Å². The summed E-state index contributed by atoms with van der Waals surface area (Å²) in [5.74, 6) is 0. The number of rotatable bonds is 1. The van der Waals surface area contributed by atoms with Crippen LogP contribution in [0.2, 0.25) is 0 Å². The van der Waals surface area contributed by atoms with Crippen molar-refractivity contribution in [3.05, 3.63) is 33.7 Å². The Labute approximate surface area is 77.6 Å². The topological polar surface area (TPSA) is 48.0 Å². The van der Waals surface area contributed by atoms with E-state index >= 15 is 0 Å². The van der Waals surface area contributed by atoms with Crippen molar-refractivity contribution in [1.82, 2.24) is 4.57 Å². The summed E-state index contributed by atoms with van der Waals surface area (Å²) in [4.78, 5) is 11.2. The Balaban J connectivity index is 0.00000121. The summed E-state index contributed by atoms with van der Waals surface area (Å²) < 4.78 is 1.53. The van der Waals surface area contributed by atoms with E-state index < -0.39 is 0 Å². The van der Waals surface area contributed by atoms with Crippen LogP contribution in [0.4, 0.5) is 0 Å². The van der Waals surface area contributed by atoms with Crippen LogP contribution in [-0.2, 0) is 6.67 Å². The SMILES string of the molecule is Cc1cc(C)n(CN)c(=O)c1.Cl. The molecule has 3 nitrogen and oxygen atoms in total. The first-order valence-electron chi connectivity index (χ1n) is 3.53. The number of aromatic nitrogens is 1. The minimum absolute atomic E-state index is 0. The summed E-state index contributed by atoms with van der Waals surface area (Å²) in [6.45, 7) is 4.03. The molecule has 4 heteroatoms. The molecular formula is C8H13ClN2O. The molecule has 12 heavy (non-hydrogen) atoms. The molecule has 2 N–H and O–H groups in total. The number of aryl methyl sites for hydroxylation is 2. The number of halogens is 1. The molecule has 0 fully saturated rings. The third-order valence-electron chi connectivity index (χ3n) is 1.66. The summed E-state index contributed by atoms with van der Waals surface area (Å²) in [6, 6.07) is 3.52. The van der Waals surface area contributed by atoms with Gasteiger partial charge in [0, 0.05) is 11.8 Å². The van der Waals surface area contributed by atoms with Gasteiger partial charge in [0.25, 0.3) is 5.56 Å². The van der Waals surface area contributed by atoms with E-state index in [0.717, 1.165) is 11.3 Å². The van der Waals surface area contributed by atoms with Crippen molar-refractivity contribution in [1.29, 1.82) is 0 Å². The Bertz CT molecular complexity index is 319. The van der Waals surface area contributed by atoms with Gasteiger partial charge in [0.1, 0.15) is 0 Å². The molecule has 0 radical (unpaired) electrons. The first-order chi connectivity index (χ1) is 5.15. The predicted octanol–water partition coefficient (Wildman–Crippen LogP) is 0.803. The third kappa shape index (κ3) is 2.09. The number of nitrogens with two attached hydrogens (primary N) is 1. The summed E-state index contributed by atoms with van der Waals surface area (Å²) in [7, 11) is 0. The van der Waals surface area contributed by atoms with Gasteiger partial charge in [0.2, 0.25) is 0 Å². The van der Waals surface area contributed by atoms with E-state index in [4.69, 9.17) is 5.73 Å². The fourth-order valence-electron chi connectivity index (χ4n) is 1.13. The van der Waals surface area contributed by atoms with Crippen molar-refractivity contribution < 1.29 is 0 Å². The first-order valence-corrected chi connectivity index (χ1v) is 3.53. The van der Waals surface area contributed by atoms with Gasteiger partial charge in [0.05, 0.1) is 6.67 Å². The average Bonchev–Trinajstić information content (AvgIpc) is 1.85. The lowest BCUT2D eigenvalue weighted by molar-refractivity contribution is 0.675. The zero-order valence-corrected chi connectivity index (χ0v) is 8.02. The van der Waals surface area contributed by atoms with Crippen LogP contribution in [0, 0.1) is 13.8 Å². The smallest absolute Gasteiger partial charge is 0.252 e. The van der Waals surface area contributed by atoms with Crippen LogP contribution in [-0.4, -0.2) is 4.57 Å². The van der Waals surface area contributed by atoms with Crippen molar-refractivity contribution in [3.63, 3.8) is 0 Å². The van der Waals surface area contributed by atoms with E-state index in [1.165, 1.54) is 4.57 Å². The lowest BCUT2D eigenvalue weighted by atomic mass is 10.2. The zero-order chi connectivity index (χ0) is 8.43. The first kappa shape index (κ1) is 11.2. The second-order valence-electron chi connectivity index (χ2n) is 2.62. The van der Waals surface area contributed by atoms with Crippen molar-refractivity contribution in [3.8, 4) is 0 Å². The number of hydrogen-bond donors (Lipinski definition) is 1. The Morgan fingerprint density at radius 3 is 2.42 bits per heavy atom.